The Morgan fingerprint density at radius 2 is 2.12 bits per heavy atom. The molecule has 17 heavy (non-hydrogen) atoms. The van der Waals surface area contributed by atoms with E-state index >= 15 is 0 Å². The van der Waals surface area contributed by atoms with Gasteiger partial charge in [-0.15, -0.1) is 0 Å². The highest BCUT2D eigenvalue weighted by atomic mass is 35.5. The van der Waals surface area contributed by atoms with E-state index in [2.05, 4.69) is 18.3 Å². The second kappa shape index (κ2) is 6.39. The summed E-state index contributed by atoms with van der Waals surface area (Å²) in [6, 6.07) is 8.68. The molecule has 0 atom stereocenters. The van der Waals surface area contributed by atoms with Crippen LogP contribution >= 0.6 is 11.6 Å². The first-order chi connectivity index (χ1) is 8.29. The Morgan fingerprint density at radius 1 is 1.35 bits per heavy atom. The minimum Gasteiger partial charge on any atom is -0.378 e. The van der Waals surface area contributed by atoms with E-state index in [-0.39, 0.29) is 0 Å². The number of rotatable bonds is 6. The van der Waals surface area contributed by atoms with Crippen LogP contribution in [0.15, 0.2) is 24.3 Å². The minimum absolute atomic E-state index is 0.484. The summed E-state index contributed by atoms with van der Waals surface area (Å²) < 4.78 is 5.53. The SMILES string of the molecule is CCOC1CC(NCCc2ccccc2Cl)C1. The maximum atomic E-state index is 6.10. The third-order valence-corrected chi connectivity index (χ3v) is 3.65. The fourth-order valence-electron chi connectivity index (χ4n) is 2.22. The second-order valence-electron chi connectivity index (χ2n) is 4.54. The van der Waals surface area contributed by atoms with Crippen molar-refractivity contribution in [3.63, 3.8) is 0 Å². The predicted octanol–water partition coefficient (Wildman–Crippen LogP) is 3.04. The van der Waals surface area contributed by atoms with Gasteiger partial charge in [-0.25, -0.2) is 0 Å². The first-order valence-corrected chi connectivity index (χ1v) is 6.75. The van der Waals surface area contributed by atoms with E-state index in [0.717, 1.165) is 37.4 Å². The lowest BCUT2D eigenvalue weighted by Crippen LogP contribution is -2.46. The summed E-state index contributed by atoms with van der Waals surface area (Å²) in [5.41, 5.74) is 1.22. The van der Waals surface area contributed by atoms with E-state index in [1.165, 1.54) is 5.56 Å². The molecule has 2 nitrogen and oxygen atoms in total. The third-order valence-electron chi connectivity index (χ3n) is 3.28. The average molecular weight is 254 g/mol. The third kappa shape index (κ3) is 3.70. The van der Waals surface area contributed by atoms with Crippen LogP contribution in [0.2, 0.25) is 5.02 Å². The van der Waals surface area contributed by atoms with Crippen molar-refractivity contribution in [1.82, 2.24) is 5.32 Å². The fourth-order valence-corrected chi connectivity index (χ4v) is 2.45. The molecule has 0 heterocycles. The lowest BCUT2D eigenvalue weighted by molar-refractivity contribution is -0.00960. The highest BCUT2D eigenvalue weighted by molar-refractivity contribution is 6.31. The summed E-state index contributed by atoms with van der Waals surface area (Å²) in [6.45, 7) is 3.88. The van der Waals surface area contributed by atoms with Gasteiger partial charge in [0, 0.05) is 17.7 Å². The average Bonchev–Trinajstić information content (AvgIpc) is 2.28. The minimum atomic E-state index is 0.484. The van der Waals surface area contributed by atoms with Gasteiger partial charge in [0.25, 0.3) is 0 Å². The molecule has 1 aliphatic carbocycles. The largest absolute Gasteiger partial charge is 0.378 e. The topological polar surface area (TPSA) is 21.3 Å². The van der Waals surface area contributed by atoms with E-state index < -0.39 is 0 Å². The van der Waals surface area contributed by atoms with Crippen molar-refractivity contribution in [3.8, 4) is 0 Å². The molecule has 2 rings (SSSR count). The number of halogens is 1. The van der Waals surface area contributed by atoms with Crippen molar-refractivity contribution in [1.29, 1.82) is 0 Å². The molecular formula is C14H20ClNO. The molecule has 0 aliphatic heterocycles. The Labute approximate surface area is 108 Å². The molecule has 0 spiro atoms. The van der Waals surface area contributed by atoms with Crippen molar-refractivity contribution in [2.24, 2.45) is 0 Å². The molecule has 0 aromatic heterocycles. The Morgan fingerprint density at radius 3 is 2.82 bits per heavy atom. The van der Waals surface area contributed by atoms with E-state index in [1.807, 2.05) is 18.2 Å². The van der Waals surface area contributed by atoms with Crippen LogP contribution in [0.1, 0.15) is 25.3 Å². The molecule has 1 aliphatic rings. The highest BCUT2D eigenvalue weighted by Gasteiger charge is 2.28. The van der Waals surface area contributed by atoms with Gasteiger partial charge in [0.05, 0.1) is 6.10 Å². The molecule has 1 N–H and O–H groups in total. The quantitative estimate of drug-likeness (QED) is 0.842. The van der Waals surface area contributed by atoms with Gasteiger partial charge in [-0.1, -0.05) is 29.8 Å². The Kier molecular flexibility index (Phi) is 4.84. The predicted molar refractivity (Wildman–Crippen MR) is 71.6 cm³/mol. The maximum absolute atomic E-state index is 6.10. The monoisotopic (exact) mass is 253 g/mol. The van der Waals surface area contributed by atoms with Gasteiger partial charge < -0.3 is 10.1 Å². The normalized spacial score (nSPS) is 23.4. The summed E-state index contributed by atoms with van der Waals surface area (Å²) in [7, 11) is 0. The molecule has 3 heteroatoms. The zero-order valence-electron chi connectivity index (χ0n) is 10.3. The molecule has 0 radical (unpaired) electrons. The van der Waals surface area contributed by atoms with E-state index in [1.54, 1.807) is 0 Å². The van der Waals surface area contributed by atoms with Gasteiger partial charge in [-0.3, -0.25) is 0 Å². The van der Waals surface area contributed by atoms with Crippen molar-refractivity contribution in [2.45, 2.75) is 38.3 Å². The summed E-state index contributed by atoms with van der Waals surface area (Å²) >= 11 is 6.10. The molecule has 1 fully saturated rings. The van der Waals surface area contributed by atoms with Crippen LogP contribution < -0.4 is 5.32 Å². The van der Waals surface area contributed by atoms with Gasteiger partial charge in [0.2, 0.25) is 0 Å². The summed E-state index contributed by atoms with van der Waals surface area (Å²) in [5.74, 6) is 0. The zero-order chi connectivity index (χ0) is 12.1. The summed E-state index contributed by atoms with van der Waals surface area (Å²) in [4.78, 5) is 0. The Hall–Kier alpha value is -0.570. The van der Waals surface area contributed by atoms with Crippen LogP contribution in [0.25, 0.3) is 0 Å². The number of nitrogens with one attached hydrogen (secondary N) is 1. The van der Waals surface area contributed by atoms with E-state index in [4.69, 9.17) is 16.3 Å². The van der Waals surface area contributed by atoms with Crippen LogP contribution in [0.4, 0.5) is 0 Å². The maximum Gasteiger partial charge on any atom is 0.0604 e. The van der Waals surface area contributed by atoms with E-state index in [0.29, 0.717) is 12.1 Å². The van der Waals surface area contributed by atoms with Crippen LogP contribution in [0.5, 0.6) is 0 Å². The summed E-state index contributed by atoms with van der Waals surface area (Å²) in [6.07, 6.45) is 3.78. The van der Waals surface area contributed by atoms with Gasteiger partial charge in [-0.2, -0.15) is 0 Å². The van der Waals surface area contributed by atoms with Crippen molar-refractivity contribution in [2.75, 3.05) is 13.2 Å². The molecule has 94 valence electrons. The Balaban J connectivity index is 1.63. The molecule has 0 bridgehead atoms. The summed E-state index contributed by atoms with van der Waals surface area (Å²) in [5, 5.41) is 4.42. The smallest absolute Gasteiger partial charge is 0.0604 e. The van der Waals surface area contributed by atoms with E-state index in [9.17, 15) is 0 Å². The molecular weight excluding hydrogens is 234 g/mol. The lowest BCUT2D eigenvalue weighted by Gasteiger charge is -2.35. The second-order valence-corrected chi connectivity index (χ2v) is 4.95. The highest BCUT2D eigenvalue weighted by Crippen LogP contribution is 2.23. The molecule has 1 saturated carbocycles. The number of hydrogen-bond donors (Lipinski definition) is 1. The molecule has 1 aromatic rings. The van der Waals surface area contributed by atoms with Gasteiger partial charge in [0.1, 0.15) is 0 Å². The van der Waals surface area contributed by atoms with Crippen molar-refractivity contribution < 1.29 is 4.74 Å². The van der Waals surface area contributed by atoms with Crippen LogP contribution in [-0.4, -0.2) is 25.3 Å². The first kappa shape index (κ1) is 12.9. The lowest BCUT2D eigenvalue weighted by atomic mass is 9.89. The first-order valence-electron chi connectivity index (χ1n) is 6.38. The van der Waals surface area contributed by atoms with Crippen molar-refractivity contribution in [3.05, 3.63) is 34.9 Å². The fraction of sp³-hybridized carbons (Fsp3) is 0.571. The van der Waals surface area contributed by atoms with Crippen LogP contribution in [0, 0.1) is 0 Å². The molecule has 0 unspecified atom stereocenters. The van der Waals surface area contributed by atoms with Crippen LogP contribution in [0.3, 0.4) is 0 Å². The van der Waals surface area contributed by atoms with Crippen molar-refractivity contribution >= 4 is 11.6 Å². The number of hydrogen-bond acceptors (Lipinski definition) is 2. The number of benzene rings is 1. The van der Waals surface area contributed by atoms with Crippen LogP contribution in [-0.2, 0) is 11.2 Å². The van der Waals surface area contributed by atoms with Gasteiger partial charge >= 0.3 is 0 Å². The molecule has 0 amide bonds. The Bertz CT molecular complexity index is 350. The molecule has 1 aromatic carbocycles. The number of ether oxygens (including phenoxy) is 1. The van der Waals surface area contributed by atoms with Gasteiger partial charge in [0.15, 0.2) is 0 Å². The standard InChI is InChI=1S/C14H20ClNO/c1-2-17-13-9-12(10-13)16-8-7-11-5-3-4-6-14(11)15/h3-6,12-13,16H,2,7-10H2,1H3. The van der Waals surface area contributed by atoms with Gasteiger partial charge in [-0.05, 0) is 44.4 Å². The molecule has 0 saturated heterocycles. The zero-order valence-corrected chi connectivity index (χ0v) is 11.0.